The molecule has 1 saturated carbocycles. The van der Waals surface area contributed by atoms with Gasteiger partial charge in [-0.3, -0.25) is 0 Å². The zero-order valence-corrected chi connectivity index (χ0v) is 14.7. The molecule has 1 aliphatic rings. The van der Waals surface area contributed by atoms with E-state index in [1.54, 1.807) is 17.0 Å². The first-order chi connectivity index (χ1) is 10.8. The summed E-state index contributed by atoms with van der Waals surface area (Å²) in [6, 6.07) is 5.57. The largest absolute Gasteiger partial charge is 0.506 e. The Morgan fingerprint density at radius 1 is 1.43 bits per heavy atom. The van der Waals surface area contributed by atoms with Crippen LogP contribution in [0, 0.1) is 0 Å². The molecule has 0 heterocycles. The maximum Gasteiger partial charge on any atom is 0.410 e. The molecule has 0 aliphatic heterocycles. The number of hydrogen-bond donors (Lipinski definition) is 2. The highest BCUT2D eigenvalue weighted by Gasteiger charge is 2.34. The van der Waals surface area contributed by atoms with Crippen molar-refractivity contribution in [2.24, 2.45) is 0 Å². The number of carbonyl (C=O) groups is 1. The summed E-state index contributed by atoms with van der Waals surface area (Å²) in [6.45, 7) is 7.32. The quantitative estimate of drug-likeness (QED) is 0.778. The van der Waals surface area contributed by atoms with E-state index in [1.165, 1.54) is 0 Å². The summed E-state index contributed by atoms with van der Waals surface area (Å²) in [4.78, 5) is 14.0. The third-order valence-electron chi connectivity index (χ3n) is 3.53. The van der Waals surface area contributed by atoms with Crippen molar-refractivity contribution in [3.63, 3.8) is 0 Å². The van der Waals surface area contributed by atoms with Crippen molar-refractivity contribution in [3.8, 4) is 5.75 Å². The van der Waals surface area contributed by atoms with Crippen LogP contribution in [0.2, 0.25) is 5.02 Å². The molecule has 1 fully saturated rings. The zero-order valence-electron chi connectivity index (χ0n) is 13.9. The highest BCUT2D eigenvalue weighted by Crippen LogP contribution is 2.28. The second kappa shape index (κ2) is 7.41. The number of benzene rings is 1. The number of para-hydroxylation sites is 1. The minimum Gasteiger partial charge on any atom is -0.506 e. The number of ether oxygens (including phenoxy) is 1. The van der Waals surface area contributed by atoms with Crippen molar-refractivity contribution in [1.29, 1.82) is 0 Å². The normalized spacial score (nSPS) is 14.6. The lowest BCUT2D eigenvalue weighted by atomic mass is 10.2. The number of nitrogens with one attached hydrogen (secondary N) is 1. The van der Waals surface area contributed by atoms with E-state index in [9.17, 15) is 9.90 Å². The third-order valence-corrected chi connectivity index (χ3v) is 3.84. The average molecular weight is 341 g/mol. The molecule has 1 amide bonds. The molecule has 5 nitrogen and oxygen atoms in total. The fraction of sp³-hybridized carbons (Fsp3) is 0.588. The Hall–Kier alpha value is -1.46. The SMILES string of the molecule is CC(C)(C)OC(=O)N(CCNCc1cccc(Cl)c1O)C1CC1. The number of aromatic hydroxyl groups is 1. The van der Waals surface area contributed by atoms with Crippen LogP contribution >= 0.6 is 11.6 Å². The molecule has 0 bridgehead atoms. The van der Waals surface area contributed by atoms with E-state index < -0.39 is 5.60 Å². The van der Waals surface area contributed by atoms with Gasteiger partial charge in [0.1, 0.15) is 11.4 Å². The van der Waals surface area contributed by atoms with Gasteiger partial charge < -0.3 is 20.1 Å². The molecule has 6 heteroatoms. The standard InChI is InChI=1S/C17H25ClN2O3/c1-17(2,3)23-16(22)20(13-7-8-13)10-9-19-11-12-5-4-6-14(18)15(12)21/h4-6,13,19,21H,7-11H2,1-3H3. The molecule has 1 aliphatic carbocycles. The van der Waals surface area contributed by atoms with E-state index in [2.05, 4.69) is 5.32 Å². The summed E-state index contributed by atoms with van der Waals surface area (Å²) in [6.07, 6.45) is 1.82. The fourth-order valence-corrected chi connectivity index (χ4v) is 2.45. The topological polar surface area (TPSA) is 61.8 Å². The lowest BCUT2D eigenvalue weighted by Crippen LogP contribution is -2.41. The predicted octanol–water partition coefficient (Wildman–Crippen LogP) is 3.53. The van der Waals surface area contributed by atoms with E-state index in [-0.39, 0.29) is 11.8 Å². The highest BCUT2D eigenvalue weighted by atomic mass is 35.5. The van der Waals surface area contributed by atoms with Gasteiger partial charge in [0.05, 0.1) is 5.02 Å². The smallest absolute Gasteiger partial charge is 0.410 e. The van der Waals surface area contributed by atoms with E-state index >= 15 is 0 Å². The molecular formula is C17H25ClN2O3. The molecule has 0 aromatic heterocycles. The van der Waals surface area contributed by atoms with Crippen LogP contribution in [0.4, 0.5) is 4.79 Å². The van der Waals surface area contributed by atoms with E-state index in [4.69, 9.17) is 16.3 Å². The van der Waals surface area contributed by atoms with Crippen molar-refractivity contribution in [1.82, 2.24) is 10.2 Å². The Kier molecular flexibility index (Phi) is 5.76. The summed E-state index contributed by atoms with van der Waals surface area (Å²) in [5.41, 5.74) is 0.261. The van der Waals surface area contributed by atoms with Crippen molar-refractivity contribution in [2.75, 3.05) is 13.1 Å². The second-order valence-corrected chi connectivity index (χ2v) is 7.24. The number of carbonyl (C=O) groups excluding carboxylic acids is 1. The minimum atomic E-state index is -0.482. The van der Waals surface area contributed by atoms with Gasteiger partial charge in [-0.05, 0) is 39.7 Å². The molecule has 23 heavy (non-hydrogen) atoms. The molecule has 2 rings (SSSR count). The van der Waals surface area contributed by atoms with Crippen LogP contribution in [0.25, 0.3) is 0 Å². The van der Waals surface area contributed by atoms with Crippen LogP contribution in [-0.2, 0) is 11.3 Å². The van der Waals surface area contributed by atoms with Crippen molar-refractivity contribution >= 4 is 17.7 Å². The average Bonchev–Trinajstić information content (AvgIpc) is 3.25. The number of phenols is 1. The number of rotatable bonds is 6. The summed E-state index contributed by atoms with van der Waals surface area (Å²) in [5, 5.41) is 13.4. The van der Waals surface area contributed by atoms with Gasteiger partial charge in [-0.25, -0.2) is 4.79 Å². The Morgan fingerprint density at radius 2 is 2.13 bits per heavy atom. The predicted molar refractivity (Wildman–Crippen MR) is 90.8 cm³/mol. The van der Waals surface area contributed by atoms with Crippen LogP contribution in [-0.4, -0.2) is 40.8 Å². The number of phenolic OH excluding ortho intramolecular Hbond substituents is 1. The first-order valence-corrected chi connectivity index (χ1v) is 8.32. The van der Waals surface area contributed by atoms with E-state index in [0.717, 1.165) is 18.4 Å². The Bertz CT molecular complexity index is 553. The summed E-state index contributed by atoms with van der Waals surface area (Å²) < 4.78 is 5.45. The van der Waals surface area contributed by atoms with Gasteiger partial charge >= 0.3 is 6.09 Å². The van der Waals surface area contributed by atoms with E-state index in [1.807, 2.05) is 26.8 Å². The van der Waals surface area contributed by atoms with E-state index in [0.29, 0.717) is 30.7 Å². The molecule has 128 valence electrons. The van der Waals surface area contributed by atoms with Gasteiger partial charge in [0.15, 0.2) is 0 Å². The Labute approximate surface area is 142 Å². The van der Waals surface area contributed by atoms with Crippen molar-refractivity contribution in [2.45, 2.75) is 51.8 Å². The van der Waals surface area contributed by atoms with Gasteiger partial charge in [0, 0.05) is 31.2 Å². The lowest BCUT2D eigenvalue weighted by molar-refractivity contribution is 0.0236. The van der Waals surface area contributed by atoms with Gasteiger partial charge in [-0.1, -0.05) is 23.7 Å². The number of hydrogen-bond acceptors (Lipinski definition) is 4. The molecule has 0 saturated heterocycles. The lowest BCUT2D eigenvalue weighted by Gasteiger charge is -2.27. The third kappa shape index (κ3) is 5.59. The molecule has 1 aromatic rings. The van der Waals surface area contributed by atoms with Crippen LogP contribution in [0.15, 0.2) is 18.2 Å². The van der Waals surface area contributed by atoms with Crippen molar-refractivity contribution in [3.05, 3.63) is 28.8 Å². The zero-order chi connectivity index (χ0) is 17.0. The number of nitrogens with zero attached hydrogens (tertiary/aromatic N) is 1. The van der Waals surface area contributed by atoms with Gasteiger partial charge in [-0.2, -0.15) is 0 Å². The highest BCUT2D eigenvalue weighted by molar-refractivity contribution is 6.32. The van der Waals surface area contributed by atoms with Gasteiger partial charge in [0.25, 0.3) is 0 Å². The maximum atomic E-state index is 12.2. The second-order valence-electron chi connectivity index (χ2n) is 6.83. The molecule has 0 unspecified atom stereocenters. The first-order valence-electron chi connectivity index (χ1n) is 7.94. The molecule has 1 aromatic carbocycles. The van der Waals surface area contributed by atoms with Crippen LogP contribution in [0.5, 0.6) is 5.75 Å². The number of halogens is 1. The molecule has 0 radical (unpaired) electrons. The Morgan fingerprint density at radius 3 is 2.74 bits per heavy atom. The molecule has 0 atom stereocenters. The molecule has 0 spiro atoms. The summed E-state index contributed by atoms with van der Waals surface area (Å²) >= 11 is 5.88. The van der Waals surface area contributed by atoms with Crippen LogP contribution in [0.1, 0.15) is 39.2 Å². The summed E-state index contributed by atoms with van der Waals surface area (Å²) in [7, 11) is 0. The van der Waals surface area contributed by atoms with Crippen molar-refractivity contribution < 1.29 is 14.6 Å². The van der Waals surface area contributed by atoms with Gasteiger partial charge in [-0.15, -0.1) is 0 Å². The summed E-state index contributed by atoms with van der Waals surface area (Å²) in [5.74, 6) is 0.104. The monoisotopic (exact) mass is 340 g/mol. The van der Waals surface area contributed by atoms with Gasteiger partial charge in [0.2, 0.25) is 0 Å². The number of amides is 1. The minimum absolute atomic E-state index is 0.104. The van der Waals surface area contributed by atoms with Crippen LogP contribution in [0.3, 0.4) is 0 Å². The maximum absolute atomic E-state index is 12.2. The van der Waals surface area contributed by atoms with Crippen LogP contribution < -0.4 is 5.32 Å². The molecule has 2 N–H and O–H groups in total. The molecular weight excluding hydrogens is 316 g/mol. The first kappa shape index (κ1) is 17.9. The Balaban J connectivity index is 1.81. The fourth-order valence-electron chi connectivity index (χ4n) is 2.25.